The number of pyridine rings is 1. The Balaban J connectivity index is 1.65. The lowest BCUT2D eigenvalue weighted by molar-refractivity contribution is -0.143. The third kappa shape index (κ3) is 5.18. The summed E-state index contributed by atoms with van der Waals surface area (Å²) in [5, 5.41) is 0. The molecule has 1 aromatic carbocycles. The maximum atomic E-state index is 11.7. The first-order valence-corrected chi connectivity index (χ1v) is 9.50. The minimum absolute atomic E-state index is 0.223. The van der Waals surface area contributed by atoms with Gasteiger partial charge in [0, 0.05) is 24.2 Å². The molecule has 0 saturated heterocycles. The summed E-state index contributed by atoms with van der Waals surface area (Å²) in [5.74, 6) is -0.232. The predicted octanol–water partition coefficient (Wildman–Crippen LogP) is 3.54. The van der Waals surface area contributed by atoms with E-state index < -0.39 is 0 Å². The Morgan fingerprint density at radius 1 is 1.33 bits per heavy atom. The zero-order chi connectivity index (χ0) is 19.1. The molecule has 0 aliphatic heterocycles. The molecule has 6 nitrogen and oxygen atoms in total. The summed E-state index contributed by atoms with van der Waals surface area (Å²) in [6.07, 6.45) is 7.19. The predicted molar refractivity (Wildman–Crippen MR) is 107 cm³/mol. The zero-order valence-electron chi connectivity index (χ0n) is 15.2. The molecule has 0 aliphatic rings. The van der Waals surface area contributed by atoms with Gasteiger partial charge in [0.1, 0.15) is 6.54 Å². The van der Waals surface area contributed by atoms with Crippen LogP contribution in [0.25, 0.3) is 11.0 Å². The molecule has 0 radical (unpaired) electrons. The van der Waals surface area contributed by atoms with Crippen molar-refractivity contribution in [1.29, 1.82) is 0 Å². The lowest BCUT2D eigenvalue weighted by atomic mass is 10.2. The van der Waals surface area contributed by atoms with Gasteiger partial charge in [-0.1, -0.05) is 18.2 Å². The van der Waals surface area contributed by atoms with Crippen molar-refractivity contribution in [3.05, 3.63) is 67.3 Å². The van der Waals surface area contributed by atoms with Crippen molar-refractivity contribution in [1.82, 2.24) is 18.8 Å². The highest BCUT2D eigenvalue weighted by Gasteiger charge is 2.12. The molecule has 7 heteroatoms. The van der Waals surface area contributed by atoms with Crippen LogP contribution >= 0.6 is 11.9 Å². The molecule has 0 atom stereocenters. The number of carbonyl (C=O) groups is 1. The lowest BCUT2D eigenvalue weighted by Crippen LogP contribution is -2.25. The van der Waals surface area contributed by atoms with Crippen LogP contribution in [-0.2, 0) is 16.1 Å². The molecule has 3 aromatic rings. The number of ether oxygens (including phenoxy) is 1. The van der Waals surface area contributed by atoms with Crippen LogP contribution in [0.4, 0.5) is 0 Å². The number of esters is 1. The van der Waals surface area contributed by atoms with Crippen LogP contribution in [0.15, 0.2) is 66.6 Å². The van der Waals surface area contributed by atoms with Crippen LogP contribution in [0.2, 0.25) is 0 Å². The number of imidazole rings is 1. The van der Waals surface area contributed by atoms with Crippen LogP contribution in [0.5, 0.6) is 0 Å². The Labute approximate surface area is 163 Å². The largest absolute Gasteiger partial charge is 0.465 e. The highest BCUT2D eigenvalue weighted by molar-refractivity contribution is 7.97. The van der Waals surface area contributed by atoms with E-state index in [-0.39, 0.29) is 12.5 Å². The molecule has 0 unspecified atom stereocenters. The molecule has 3 rings (SSSR count). The van der Waals surface area contributed by atoms with E-state index in [1.54, 1.807) is 19.2 Å². The third-order valence-corrected chi connectivity index (χ3v) is 4.90. The van der Waals surface area contributed by atoms with Crippen LogP contribution in [0.1, 0.15) is 12.5 Å². The first kappa shape index (κ1) is 19.1. The average molecular weight is 382 g/mol. The van der Waals surface area contributed by atoms with E-state index >= 15 is 0 Å². The van der Waals surface area contributed by atoms with Crippen molar-refractivity contribution in [2.24, 2.45) is 0 Å². The van der Waals surface area contributed by atoms with E-state index in [4.69, 9.17) is 4.74 Å². The van der Waals surface area contributed by atoms with E-state index in [0.29, 0.717) is 13.2 Å². The van der Waals surface area contributed by atoms with Gasteiger partial charge in [0.25, 0.3) is 0 Å². The van der Waals surface area contributed by atoms with E-state index in [9.17, 15) is 4.79 Å². The van der Waals surface area contributed by atoms with Gasteiger partial charge in [-0.15, -0.1) is 6.58 Å². The van der Waals surface area contributed by atoms with E-state index in [2.05, 4.69) is 45.4 Å². The molecule has 0 fully saturated rings. The van der Waals surface area contributed by atoms with Gasteiger partial charge in [-0.25, -0.2) is 9.29 Å². The highest BCUT2D eigenvalue weighted by atomic mass is 32.2. The summed E-state index contributed by atoms with van der Waals surface area (Å²) in [6.45, 7) is 7.50. The SMILES string of the molecule is C=CCN(CC(=O)OCC)Sc1ccc(Cn2cnc3ccncc32)cc1. The monoisotopic (exact) mass is 382 g/mol. The van der Waals surface area contributed by atoms with Crippen molar-refractivity contribution in [3.8, 4) is 0 Å². The molecule has 0 amide bonds. The van der Waals surface area contributed by atoms with Gasteiger partial charge in [-0.05, 0) is 42.6 Å². The first-order chi connectivity index (χ1) is 13.2. The molecule has 2 heterocycles. The molecule has 0 aliphatic carbocycles. The summed E-state index contributed by atoms with van der Waals surface area (Å²) in [6, 6.07) is 10.2. The van der Waals surface area contributed by atoms with Gasteiger partial charge >= 0.3 is 5.97 Å². The highest BCUT2D eigenvalue weighted by Crippen LogP contribution is 2.23. The molecule has 0 N–H and O–H groups in total. The van der Waals surface area contributed by atoms with Crippen LogP contribution in [0.3, 0.4) is 0 Å². The molecule has 0 bridgehead atoms. The number of fused-ring (bicyclic) bond motifs is 1. The van der Waals surface area contributed by atoms with Crippen molar-refractivity contribution in [3.63, 3.8) is 0 Å². The smallest absolute Gasteiger partial charge is 0.321 e. The third-order valence-electron chi connectivity index (χ3n) is 3.88. The van der Waals surface area contributed by atoms with Crippen LogP contribution in [0, 0.1) is 0 Å². The molecule has 2 aromatic heterocycles. The number of rotatable bonds is 9. The quantitative estimate of drug-likeness (QED) is 0.320. The van der Waals surface area contributed by atoms with Crippen LogP contribution in [-0.4, -0.2) is 44.5 Å². The van der Waals surface area contributed by atoms with Crippen LogP contribution < -0.4 is 0 Å². The van der Waals surface area contributed by atoms with E-state index in [1.807, 2.05) is 22.9 Å². The van der Waals surface area contributed by atoms with Gasteiger partial charge < -0.3 is 9.30 Å². The Morgan fingerprint density at radius 3 is 2.89 bits per heavy atom. The van der Waals surface area contributed by atoms with Gasteiger partial charge in [0.05, 0.1) is 30.2 Å². The maximum Gasteiger partial charge on any atom is 0.321 e. The molecule has 0 saturated carbocycles. The molecular weight excluding hydrogens is 360 g/mol. The molecule has 0 spiro atoms. The Hall–Kier alpha value is -2.64. The number of aromatic nitrogens is 3. The lowest BCUT2D eigenvalue weighted by Gasteiger charge is -2.18. The van der Waals surface area contributed by atoms with Gasteiger partial charge in [-0.3, -0.25) is 9.78 Å². The number of carbonyl (C=O) groups excluding carboxylic acids is 1. The fourth-order valence-electron chi connectivity index (χ4n) is 2.66. The normalized spacial score (nSPS) is 11.0. The van der Waals surface area contributed by atoms with E-state index in [1.165, 1.54) is 17.5 Å². The topological polar surface area (TPSA) is 60.2 Å². The fraction of sp³-hybridized carbons (Fsp3) is 0.250. The molecular formula is C20H22N4O2S. The van der Waals surface area contributed by atoms with Gasteiger partial charge in [-0.2, -0.15) is 0 Å². The second kappa shape index (κ2) is 9.34. The summed E-state index contributed by atoms with van der Waals surface area (Å²) in [5.41, 5.74) is 3.13. The summed E-state index contributed by atoms with van der Waals surface area (Å²) < 4.78 is 9.03. The number of hydrogen-bond acceptors (Lipinski definition) is 6. The second-order valence-electron chi connectivity index (χ2n) is 5.89. The average Bonchev–Trinajstić information content (AvgIpc) is 3.07. The molecule has 27 heavy (non-hydrogen) atoms. The standard InChI is InChI=1S/C20H22N4O2S/c1-3-11-24(14-20(25)26-4-2)27-17-7-5-16(6-8-17)13-23-15-22-18-9-10-21-12-19(18)23/h3,5-10,12,15H,1,4,11,13-14H2,2H3. The number of nitrogens with zero attached hydrogens (tertiary/aromatic N) is 4. The summed E-state index contributed by atoms with van der Waals surface area (Å²) in [4.78, 5) is 21.4. The minimum Gasteiger partial charge on any atom is -0.465 e. The van der Waals surface area contributed by atoms with Crippen molar-refractivity contribution >= 4 is 29.0 Å². The second-order valence-corrected chi connectivity index (χ2v) is 7.06. The fourth-order valence-corrected chi connectivity index (χ4v) is 3.57. The summed E-state index contributed by atoms with van der Waals surface area (Å²) in [7, 11) is 0. The summed E-state index contributed by atoms with van der Waals surface area (Å²) >= 11 is 1.52. The van der Waals surface area contributed by atoms with Crippen molar-refractivity contribution < 1.29 is 9.53 Å². The zero-order valence-corrected chi connectivity index (χ0v) is 16.1. The van der Waals surface area contributed by atoms with E-state index in [0.717, 1.165) is 22.5 Å². The Kier molecular flexibility index (Phi) is 6.62. The van der Waals surface area contributed by atoms with Crippen molar-refractivity contribution in [2.75, 3.05) is 19.7 Å². The molecule has 140 valence electrons. The van der Waals surface area contributed by atoms with Crippen molar-refractivity contribution in [2.45, 2.75) is 18.4 Å². The number of hydrogen-bond donors (Lipinski definition) is 0. The minimum atomic E-state index is -0.232. The maximum absolute atomic E-state index is 11.7. The van der Waals surface area contributed by atoms with Gasteiger partial charge in [0.15, 0.2) is 0 Å². The number of benzene rings is 1. The Morgan fingerprint density at radius 2 is 2.15 bits per heavy atom. The Bertz CT molecular complexity index is 908. The first-order valence-electron chi connectivity index (χ1n) is 8.73. The van der Waals surface area contributed by atoms with Gasteiger partial charge in [0.2, 0.25) is 0 Å².